The number of halogens is 1. The number of benzene rings is 1. The van der Waals surface area contributed by atoms with Crippen molar-refractivity contribution in [1.82, 2.24) is 0 Å². The van der Waals surface area contributed by atoms with Gasteiger partial charge in [0.15, 0.2) is 0 Å². The minimum Gasteiger partial charge on any atom is -0.506 e. The van der Waals surface area contributed by atoms with Gasteiger partial charge < -0.3 is 9.94 Å². The lowest BCUT2D eigenvalue weighted by molar-refractivity contribution is 0.141. The zero-order chi connectivity index (χ0) is 9.84. The van der Waals surface area contributed by atoms with Crippen molar-refractivity contribution in [2.24, 2.45) is 5.90 Å². The van der Waals surface area contributed by atoms with Crippen LogP contribution in [0.15, 0.2) is 16.6 Å². The highest BCUT2D eigenvalue weighted by molar-refractivity contribution is 9.10. The van der Waals surface area contributed by atoms with E-state index in [1.54, 1.807) is 0 Å². The van der Waals surface area contributed by atoms with Crippen LogP contribution in [0.2, 0.25) is 0 Å². The Kier molecular flexibility index (Phi) is 3.71. The van der Waals surface area contributed by atoms with Crippen LogP contribution in [-0.2, 0) is 11.3 Å². The summed E-state index contributed by atoms with van der Waals surface area (Å²) in [5.74, 6) is 5.20. The monoisotopic (exact) mass is 245 g/mol. The molecule has 13 heavy (non-hydrogen) atoms. The fourth-order valence-corrected chi connectivity index (χ4v) is 1.71. The van der Waals surface area contributed by atoms with Crippen molar-refractivity contribution in [1.29, 1.82) is 0 Å². The molecule has 1 aromatic rings. The third-order valence-electron chi connectivity index (χ3n) is 1.89. The van der Waals surface area contributed by atoms with Gasteiger partial charge in [0.1, 0.15) is 5.75 Å². The highest BCUT2D eigenvalue weighted by atomic mass is 79.9. The van der Waals surface area contributed by atoms with Gasteiger partial charge in [0.25, 0.3) is 0 Å². The van der Waals surface area contributed by atoms with E-state index < -0.39 is 0 Å². The minimum atomic E-state index is 0.287. The molecule has 72 valence electrons. The van der Waals surface area contributed by atoms with Crippen LogP contribution in [0.1, 0.15) is 11.1 Å². The van der Waals surface area contributed by atoms with E-state index in [-0.39, 0.29) is 5.75 Å². The number of phenols is 1. The van der Waals surface area contributed by atoms with Gasteiger partial charge in [-0.2, -0.15) is 0 Å². The summed E-state index contributed by atoms with van der Waals surface area (Å²) in [6.07, 6.45) is 0.685. The summed E-state index contributed by atoms with van der Waals surface area (Å²) in [6.45, 7) is 2.30. The lowest BCUT2D eigenvalue weighted by Crippen LogP contribution is -2.04. The number of aryl methyl sites for hydroxylation is 1. The van der Waals surface area contributed by atoms with E-state index in [9.17, 15) is 5.11 Å². The van der Waals surface area contributed by atoms with Gasteiger partial charge in [-0.25, -0.2) is 5.90 Å². The molecule has 0 aromatic heterocycles. The summed E-state index contributed by atoms with van der Waals surface area (Å²) in [5.41, 5.74) is 1.85. The molecule has 0 unspecified atom stereocenters. The van der Waals surface area contributed by atoms with E-state index in [0.717, 1.165) is 15.6 Å². The highest BCUT2D eigenvalue weighted by Gasteiger charge is 2.06. The van der Waals surface area contributed by atoms with Crippen molar-refractivity contribution in [3.63, 3.8) is 0 Å². The molecule has 1 rings (SSSR count). The molecule has 0 atom stereocenters. The molecule has 4 heteroatoms. The van der Waals surface area contributed by atoms with Crippen LogP contribution in [0, 0.1) is 6.92 Å². The topological polar surface area (TPSA) is 55.5 Å². The first-order chi connectivity index (χ1) is 6.16. The highest BCUT2D eigenvalue weighted by Crippen LogP contribution is 2.30. The molecular formula is C9H12BrNO2. The molecule has 0 amide bonds. The molecule has 0 fully saturated rings. The normalized spacial score (nSPS) is 10.4. The maximum Gasteiger partial charge on any atom is 0.132 e. The molecule has 3 N–H and O–H groups in total. The number of hydrogen-bond acceptors (Lipinski definition) is 3. The fourth-order valence-electron chi connectivity index (χ4n) is 1.06. The average molecular weight is 246 g/mol. The van der Waals surface area contributed by atoms with Crippen LogP contribution < -0.4 is 5.90 Å². The summed E-state index contributed by atoms with van der Waals surface area (Å²) in [5, 5.41) is 9.57. The van der Waals surface area contributed by atoms with Gasteiger partial charge in [0.05, 0.1) is 11.1 Å². The number of rotatable bonds is 3. The van der Waals surface area contributed by atoms with Crippen molar-refractivity contribution < 1.29 is 9.94 Å². The summed E-state index contributed by atoms with van der Waals surface area (Å²) in [7, 11) is 0. The van der Waals surface area contributed by atoms with Gasteiger partial charge in [0.2, 0.25) is 0 Å². The Balaban J connectivity index is 2.90. The predicted molar refractivity (Wildman–Crippen MR) is 54.4 cm³/mol. The molecule has 1 aromatic carbocycles. The predicted octanol–water partition coefficient (Wildman–Crippen LogP) is 1.90. The van der Waals surface area contributed by atoms with Crippen LogP contribution in [0.5, 0.6) is 5.75 Å². The fraction of sp³-hybridized carbons (Fsp3) is 0.333. The number of aromatic hydroxyl groups is 1. The van der Waals surface area contributed by atoms with E-state index >= 15 is 0 Å². The Labute approximate surface area is 85.6 Å². The molecule has 3 nitrogen and oxygen atoms in total. The zero-order valence-electron chi connectivity index (χ0n) is 7.38. The summed E-state index contributed by atoms with van der Waals surface area (Å²) < 4.78 is 0.726. The molecular weight excluding hydrogens is 234 g/mol. The van der Waals surface area contributed by atoms with Crippen molar-refractivity contribution in [3.8, 4) is 5.75 Å². The van der Waals surface area contributed by atoms with Gasteiger partial charge in [-0.15, -0.1) is 0 Å². The second-order valence-corrected chi connectivity index (χ2v) is 3.62. The Morgan fingerprint density at radius 1 is 1.54 bits per heavy atom. The molecule has 0 aliphatic heterocycles. The van der Waals surface area contributed by atoms with Crippen molar-refractivity contribution >= 4 is 15.9 Å². The Morgan fingerprint density at radius 3 is 2.85 bits per heavy atom. The van der Waals surface area contributed by atoms with E-state index in [1.165, 1.54) is 0 Å². The molecule has 0 aliphatic carbocycles. The third kappa shape index (κ3) is 2.43. The van der Waals surface area contributed by atoms with E-state index in [2.05, 4.69) is 20.8 Å². The van der Waals surface area contributed by atoms with Gasteiger partial charge in [-0.3, -0.25) is 0 Å². The van der Waals surface area contributed by atoms with Gasteiger partial charge >= 0.3 is 0 Å². The van der Waals surface area contributed by atoms with Crippen LogP contribution in [-0.4, -0.2) is 11.7 Å². The Bertz CT molecular complexity index is 302. The summed E-state index contributed by atoms with van der Waals surface area (Å²) in [6, 6.07) is 3.81. The molecule has 0 bridgehead atoms. The first kappa shape index (κ1) is 10.5. The first-order valence-electron chi connectivity index (χ1n) is 3.95. The van der Waals surface area contributed by atoms with Gasteiger partial charge in [-0.1, -0.05) is 12.1 Å². The number of hydrogen-bond donors (Lipinski definition) is 2. The lowest BCUT2D eigenvalue weighted by atomic mass is 10.1. The Hall–Kier alpha value is -0.580. The molecule has 0 radical (unpaired) electrons. The molecule has 0 heterocycles. The Morgan fingerprint density at radius 2 is 2.23 bits per heavy atom. The summed E-state index contributed by atoms with van der Waals surface area (Å²) in [4.78, 5) is 4.47. The zero-order valence-corrected chi connectivity index (χ0v) is 8.97. The quantitative estimate of drug-likeness (QED) is 0.801. The van der Waals surface area contributed by atoms with Crippen molar-refractivity contribution in [3.05, 3.63) is 27.7 Å². The van der Waals surface area contributed by atoms with E-state index in [4.69, 9.17) is 5.90 Å². The minimum absolute atomic E-state index is 0.287. The number of phenolic OH excluding ortho intramolecular Hbond substituents is 1. The summed E-state index contributed by atoms with van der Waals surface area (Å²) >= 11 is 3.31. The molecule has 0 aliphatic rings. The first-order valence-corrected chi connectivity index (χ1v) is 4.74. The second kappa shape index (κ2) is 4.60. The average Bonchev–Trinajstić information content (AvgIpc) is 2.13. The standard InChI is InChI=1S/C9H12BrNO2/c1-6-2-3-7(4-5-13-11)8(10)9(6)12/h2-3,12H,4-5,11H2,1H3. The van der Waals surface area contributed by atoms with Crippen molar-refractivity contribution in [2.45, 2.75) is 13.3 Å². The van der Waals surface area contributed by atoms with Gasteiger partial charge in [-0.05, 0) is 40.4 Å². The van der Waals surface area contributed by atoms with Crippen LogP contribution in [0.4, 0.5) is 0 Å². The number of nitrogens with two attached hydrogens (primary N) is 1. The van der Waals surface area contributed by atoms with Crippen molar-refractivity contribution in [2.75, 3.05) is 6.61 Å². The maximum atomic E-state index is 9.57. The maximum absolute atomic E-state index is 9.57. The molecule has 0 saturated carbocycles. The molecule has 0 saturated heterocycles. The lowest BCUT2D eigenvalue weighted by Gasteiger charge is -2.07. The third-order valence-corrected chi connectivity index (χ3v) is 2.77. The van der Waals surface area contributed by atoms with E-state index in [1.807, 2.05) is 19.1 Å². The van der Waals surface area contributed by atoms with E-state index in [0.29, 0.717) is 13.0 Å². The SMILES string of the molecule is Cc1ccc(CCON)c(Br)c1O. The van der Waals surface area contributed by atoms with Gasteiger partial charge in [0, 0.05) is 0 Å². The largest absolute Gasteiger partial charge is 0.506 e. The van der Waals surface area contributed by atoms with Crippen LogP contribution >= 0.6 is 15.9 Å². The van der Waals surface area contributed by atoms with Crippen LogP contribution in [0.25, 0.3) is 0 Å². The van der Waals surface area contributed by atoms with Crippen LogP contribution in [0.3, 0.4) is 0 Å². The molecule has 0 spiro atoms. The second-order valence-electron chi connectivity index (χ2n) is 2.82. The smallest absolute Gasteiger partial charge is 0.132 e.